The first-order valence-corrected chi connectivity index (χ1v) is 6.94. The van der Waals surface area contributed by atoms with Gasteiger partial charge in [-0.2, -0.15) is 0 Å². The molecule has 0 saturated carbocycles. The summed E-state index contributed by atoms with van der Waals surface area (Å²) in [7, 11) is 1.64. The molecule has 2 rings (SSSR count). The minimum Gasteiger partial charge on any atom is -0.399 e. The largest absolute Gasteiger partial charge is 0.399 e. The lowest BCUT2D eigenvalue weighted by Crippen LogP contribution is -2.25. The molecule has 1 amide bonds. The second-order valence-corrected chi connectivity index (χ2v) is 4.72. The third-order valence-corrected chi connectivity index (χ3v) is 3.13. The van der Waals surface area contributed by atoms with Crippen LogP contribution < -0.4 is 11.1 Å². The molecule has 1 aromatic carbocycles. The molecule has 0 aliphatic carbocycles. The van der Waals surface area contributed by atoms with E-state index in [0.717, 1.165) is 17.3 Å². The molecular weight excluding hydrogens is 270 g/mol. The van der Waals surface area contributed by atoms with Crippen molar-refractivity contribution in [2.75, 3.05) is 39.2 Å². The smallest absolute Gasteiger partial charge is 0.253 e. The lowest BCUT2D eigenvalue weighted by molar-refractivity contribution is 0.0688. The van der Waals surface area contributed by atoms with Gasteiger partial charge in [-0.1, -0.05) is 0 Å². The highest BCUT2D eigenvalue weighted by Crippen LogP contribution is 2.20. The van der Waals surface area contributed by atoms with Gasteiger partial charge >= 0.3 is 0 Å². The second-order valence-electron chi connectivity index (χ2n) is 4.72. The molecule has 0 spiro atoms. The van der Waals surface area contributed by atoms with Crippen LogP contribution in [0.25, 0.3) is 10.9 Å². The lowest BCUT2D eigenvalue weighted by atomic mass is 10.1. The zero-order chi connectivity index (χ0) is 15.1. The minimum atomic E-state index is -0.108. The molecule has 21 heavy (non-hydrogen) atoms. The molecule has 0 aliphatic heterocycles. The number of rotatable bonds is 8. The number of amides is 1. The molecule has 0 unspecified atom stereocenters. The van der Waals surface area contributed by atoms with Gasteiger partial charge in [-0.05, 0) is 24.6 Å². The summed E-state index contributed by atoms with van der Waals surface area (Å²) in [5.41, 5.74) is 7.91. The Kier molecular flexibility index (Phi) is 5.59. The van der Waals surface area contributed by atoms with E-state index in [9.17, 15) is 4.79 Å². The van der Waals surface area contributed by atoms with E-state index >= 15 is 0 Å². The van der Waals surface area contributed by atoms with Gasteiger partial charge in [0, 0.05) is 43.0 Å². The van der Waals surface area contributed by atoms with Crippen LogP contribution in [-0.2, 0) is 9.47 Å². The maximum Gasteiger partial charge on any atom is 0.253 e. The van der Waals surface area contributed by atoms with Gasteiger partial charge < -0.3 is 25.5 Å². The maximum atomic E-state index is 12.1. The van der Waals surface area contributed by atoms with Crippen LogP contribution in [0.1, 0.15) is 16.8 Å². The van der Waals surface area contributed by atoms with Crippen molar-refractivity contribution in [2.45, 2.75) is 6.42 Å². The number of anilines is 1. The summed E-state index contributed by atoms with van der Waals surface area (Å²) in [6, 6.07) is 5.47. The van der Waals surface area contributed by atoms with Crippen LogP contribution in [0, 0.1) is 0 Å². The summed E-state index contributed by atoms with van der Waals surface area (Å²) in [4.78, 5) is 15.2. The zero-order valence-corrected chi connectivity index (χ0v) is 12.1. The fourth-order valence-electron chi connectivity index (χ4n) is 2.04. The maximum absolute atomic E-state index is 12.1. The van der Waals surface area contributed by atoms with Gasteiger partial charge in [-0.3, -0.25) is 4.79 Å². The molecule has 0 fully saturated rings. The number of hydrogen-bond acceptors (Lipinski definition) is 4. The van der Waals surface area contributed by atoms with Gasteiger partial charge in [0.05, 0.1) is 18.8 Å². The molecule has 1 aromatic heterocycles. The van der Waals surface area contributed by atoms with Crippen molar-refractivity contribution in [1.29, 1.82) is 0 Å². The zero-order valence-electron chi connectivity index (χ0n) is 12.1. The summed E-state index contributed by atoms with van der Waals surface area (Å²) in [5, 5.41) is 3.71. The van der Waals surface area contributed by atoms with Crippen molar-refractivity contribution in [2.24, 2.45) is 0 Å². The summed E-state index contributed by atoms with van der Waals surface area (Å²) in [6.45, 7) is 2.33. The number of aromatic nitrogens is 1. The highest BCUT2D eigenvalue weighted by Gasteiger charge is 2.11. The predicted molar refractivity (Wildman–Crippen MR) is 82.4 cm³/mol. The molecule has 0 aliphatic rings. The van der Waals surface area contributed by atoms with Crippen LogP contribution in [0.5, 0.6) is 0 Å². The number of methoxy groups -OCH3 is 1. The van der Waals surface area contributed by atoms with Crippen molar-refractivity contribution in [3.8, 4) is 0 Å². The Morgan fingerprint density at radius 2 is 2.19 bits per heavy atom. The molecule has 114 valence electrons. The number of carbonyl (C=O) groups excluding carboxylic acids is 1. The number of nitrogens with one attached hydrogen (secondary N) is 2. The third kappa shape index (κ3) is 4.21. The molecule has 0 radical (unpaired) electrons. The number of carbonyl (C=O) groups is 1. The Morgan fingerprint density at radius 3 is 3.00 bits per heavy atom. The Morgan fingerprint density at radius 1 is 1.33 bits per heavy atom. The molecule has 6 heteroatoms. The summed E-state index contributed by atoms with van der Waals surface area (Å²) < 4.78 is 10.2. The van der Waals surface area contributed by atoms with Gasteiger partial charge in [0.15, 0.2) is 0 Å². The number of nitrogen functional groups attached to an aromatic ring is 1. The van der Waals surface area contributed by atoms with Gasteiger partial charge in [0.25, 0.3) is 5.91 Å². The monoisotopic (exact) mass is 291 g/mol. The van der Waals surface area contributed by atoms with Crippen LogP contribution in [0.2, 0.25) is 0 Å². The standard InChI is InChI=1S/C15H21N3O3/c1-20-7-8-21-6-2-5-17-15(19)13-10-18-14-4-3-11(16)9-12(13)14/h3-4,9-10,18H,2,5-8,16H2,1H3,(H,17,19). The van der Waals surface area contributed by atoms with Crippen molar-refractivity contribution in [3.05, 3.63) is 30.0 Å². The van der Waals surface area contributed by atoms with Crippen LogP contribution in [-0.4, -0.2) is 44.4 Å². The Hall–Kier alpha value is -2.05. The summed E-state index contributed by atoms with van der Waals surface area (Å²) >= 11 is 0. The average Bonchev–Trinajstić information content (AvgIpc) is 2.89. The topological polar surface area (TPSA) is 89.4 Å². The van der Waals surface area contributed by atoms with E-state index < -0.39 is 0 Å². The van der Waals surface area contributed by atoms with E-state index in [-0.39, 0.29) is 5.91 Å². The fourth-order valence-corrected chi connectivity index (χ4v) is 2.04. The van der Waals surface area contributed by atoms with Crippen molar-refractivity contribution >= 4 is 22.5 Å². The van der Waals surface area contributed by atoms with E-state index in [2.05, 4.69) is 10.3 Å². The third-order valence-electron chi connectivity index (χ3n) is 3.13. The highest BCUT2D eigenvalue weighted by atomic mass is 16.5. The molecule has 2 aromatic rings. The number of nitrogens with two attached hydrogens (primary N) is 1. The molecule has 4 N–H and O–H groups in total. The van der Waals surface area contributed by atoms with Crippen LogP contribution >= 0.6 is 0 Å². The highest BCUT2D eigenvalue weighted by molar-refractivity contribution is 6.07. The van der Waals surface area contributed by atoms with Gasteiger partial charge in [-0.25, -0.2) is 0 Å². The van der Waals surface area contributed by atoms with Gasteiger partial charge in [0.2, 0.25) is 0 Å². The number of aromatic amines is 1. The number of benzene rings is 1. The number of H-pyrrole nitrogens is 1. The number of hydrogen-bond donors (Lipinski definition) is 3. The van der Waals surface area contributed by atoms with Gasteiger partial charge in [0.1, 0.15) is 0 Å². The molecule has 6 nitrogen and oxygen atoms in total. The van der Waals surface area contributed by atoms with E-state index in [4.69, 9.17) is 15.2 Å². The van der Waals surface area contributed by atoms with E-state index in [1.165, 1.54) is 0 Å². The van der Waals surface area contributed by atoms with Crippen molar-refractivity contribution in [3.63, 3.8) is 0 Å². The van der Waals surface area contributed by atoms with E-state index in [0.29, 0.717) is 37.6 Å². The van der Waals surface area contributed by atoms with Crippen LogP contribution in [0.15, 0.2) is 24.4 Å². The SMILES string of the molecule is COCCOCCCNC(=O)c1c[nH]c2ccc(N)cc12. The Balaban J connectivity index is 1.81. The second kappa shape index (κ2) is 7.66. The van der Waals surface area contributed by atoms with Crippen LogP contribution in [0.4, 0.5) is 5.69 Å². The van der Waals surface area contributed by atoms with E-state index in [1.807, 2.05) is 6.07 Å². The quantitative estimate of drug-likeness (QED) is 0.508. The van der Waals surface area contributed by atoms with E-state index in [1.54, 1.807) is 25.4 Å². The minimum absolute atomic E-state index is 0.108. The predicted octanol–water partition coefficient (Wildman–Crippen LogP) is 1.53. The molecular formula is C15H21N3O3. The first-order valence-electron chi connectivity index (χ1n) is 6.94. The van der Waals surface area contributed by atoms with Crippen LogP contribution in [0.3, 0.4) is 0 Å². The van der Waals surface area contributed by atoms with Gasteiger partial charge in [-0.15, -0.1) is 0 Å². The number of ether oxygens (including phenoxy) is 2. The summed E-state index contributed by atoms with van der Waals surface area (Å²) in [6.07, 6.45) is 2.47. The fraction of sp³-hybridized carbons (Fsp3) is 0.400. The average molecular weight is 291 g/mol. The number of fused-ring (bicyclic) bond motifs is 1. The van der Waals surface area contributed by atoms with Crippen molar-refractivity contribution < 1.29 is 14.3 Å². The molecule has 0 saturated heterocycles. The molecule has 0 atom stereocenters. The normalized spacial score (nSPS) is 10.9. The Labute approximate surface area is 123 Å². The lowest BCUT2D eigenvalue weighted by Gasteiger charge is -2.05. The molecule has 1 heterocycles. The summed E-state index contributed by atoms with van der Waals surface area (Å²) in [5.74, 6) is -0.108. The first-order chi connectivity index (χ1) is 10.2. The Bertz CT molecular complexity index is 595. The van der Waals surface area contributed by atoms with Crippen molar-refractivity contribution in [1.82, 2.24) is 10.3 Å². The first kappa shape index (κ1) is 15.3. The molecule has 0 bridgehead atoms.